The topological polar surface area (TPSA) is 28.7 Å². The molecule has 0 aliphatic carbocycles. The van der Waals surface area contributed by atoms with Crippen LogP contribution in [-0.4, -0.2) is 9.97 Å². The molecule has 1 rings (SSSR count). The number of aromatic amines is 1. The molecule has 1 N–H and O–H groups in total. The van der Waals surface area contributed by atoms with Crippen LogP contribution in [0.15, 0.2) is 0 Å². The monoisotopic (exact) mass is 152 g/mol. The van der Waals surface area contributed by atoms with E-state index in [1.54, 1.807) is 0 Å². The van der Waals surface area contributed by atoms with E-state index in [-0.39, 0.29) is 0 Å². The Kier molecular flexibility index (Phi) is 2.69. The highest BCUT2D eigenvalue weighted by atomic mass is 14.9. The van der Waals surface area contributed by atoms with Crippen LogP contribution in [0, 0.1) is 0 Å². The summed E-state index contributed by atoms with van der Waals surface area (Å²) in [6.07, 6.45) is 3.11. The molecular weight excluding hydrogens is 136 g/mol. The van der Waals surface area contributed by atoms with Crippen LogP contribution in [-0.2, 0) is 19.3 Å². The molecule has 1 aromatic rings. The average Bonchev–Trinajstić information content (AvgIpc) is 2.46. The third kappa shape index (κ3) is 1.62. The van der Waals surface area contributed by atoms with Crippen molar-refractivity contribution in [3.05, 3.63) is 17.2 Å². The van der Waals surface area contributed by atoms with Crippen molar-refractivity contribution in [1.82, 2.24) is 9.97 Å². The number of aromatic nitrogens is 2. The van der Waals surface area contributed by atoms with Crippen molar-refractivity contribution in [3.63, 3.8) is 0 Å². The summed E-state index contributed by atoms with van der Waals surface area (Å²) < 4.78 is 0. The lowest BCUT2D eigenvalue weighted by Gasteiger charge is -1.91. The fraction of sp³-hybridized carbons (Fsp3) is 0.667. The molecule has 1 heterocycles. The third-order valence-electron chi connectivity index (χ3n) is 1.94. The second kappa shape index (κ2) is 3.56. The van der Waals surface area contributed by atoms with Gasteiger partial charge in [-0.25, -0.2) is 4.98 Å². The number of imidazole rings is 1. The van der Waals surface area contributed by atoms with E-state index in [0.717, 1.165) is 25.1 Å². The van der Waals surface area contributed by atoms with E-state index in [0.29, 0.717) is 0 Å². The number of hydrogen-bond acceptors (Lipinski definition) is 1. The molecule has 1 aromatic heterocycles. The molecule has 0 unspecified atom stereocenters. The van der Waals surface area contributed by atoms with Crippen LogP contribution in [0.3, 0.4) is 0 Å². The molecule has 0 aromatic carbocycles. The first kappa shape index (κ1) is 8.31. The Morgan fingerprint density at radius 3 is 2.18 bits per heavy atom. The Labute approximate surface area is 68.0 Å². The first-order valence-electron chi connectivity index (χ1n) is 4.38. The van der Waals surface area contributed by atoms with Gasteiger partial charge < -0.3 is 4.98 Å². The third-order valence-corrected chi connectivity index (χ3v) is 1.94. The highest BCUT2D eigenvalue weighted by Gasteiger charge is 2.04. The van der Waals surface area contributed by atoms with Gasteiger partial charge in [-0.3, -0.25) is 0 Å². The zero-order valence-electron chi connectivity index (χ0n) is 7.57. The lowest BCUT2D eigenvalue weighted by molar-refractivity contribution is 0.961. The molecule has 0 saturated carbocycles. The highest BCUT2D eigenvalue weighted by molar-refractivity contribution is 5.14. The summed E-state index contributed by atoms with van der Waals surface area (Å²) in [6.45, 7) is 6.43. The molecule has 0 spiro atoms. The Bertz CT molecular complexity index is 204. The predicted molar refractivity (Wildman–Crippen MR) is 46.7 cm³/mol. The van der Waals surface area contributed by atoms with Gasteiger partial charge in [-0.1, -0.05) is 20.8 Å². The summed E-state index contributed by atoms with van der Waals surface area (Å²) in [6, 6.07) is 0. The van der Waals surface area contributed by atoms with Crippen LogP contribution < -0.4 is 0 Å². The zero-order chi connectivity index (χ0) is 8.27. The Hall–Kier alpha value is -0.790. The van der Waals surface area contributed by atoms with E-state index in [1.807, 2.05) is 0 Å². The molecule has 0 amide bonds. The molecule has 2 nitrogen and oxygen atoms in total. The summed E-state index contributed by atoms with van der Waals surface area (Å²) in [7, 11) is 0. The molecule has 0 fully saturated rings. The first-order chi connectivity index (χ1) is 5.31. The van der Waals surface area contributed by atoms with E-state index in [9.17, 15) is 0 Å². The minimum Gasteiger partial charge on any atom is -0.346 e. The molecule has 0 aliphatic heterocycles. The van der Waals surface area contributed by atoms with Crippen LogP contribution in [0.2, 0.25) is 0 Å². The van der Waals surface area contributed by atoms with Crippen molar-refractivity contribution < 1.29 is 0 Å². The lowest BCUT2D eigenvalue weighted by Crippen LogP contribution is -1.87. The van der Waals surface area contributed by atoms with Crippen LogP contribution in [0.5, 0.6) is 0 Å². The van der Waals surface area contributed by atoms with Crippen molar-refractivity contribution >= 4 is 0 Å². The van der Waals surface area contributed by atoms with Gasteiger partial charge in [0.05, 0.1) is 5.69 Å². The number of nitrogens with one attached hydrogen (secondary N) is 1. The fourth-order valence-corrected chi connectivity index (χ4v) is 1.26. The molecule has 11 heavy (non-hydrogen) atoms. The summed E-state index contributed by atoms with van der Waals surface area (Å²) in [5.41, 5.74) is 2.55. The smallest absolute Gasteiger partial charge is 0.106 e. The number of rotatable bonds is 3. The maximum atomic E-state index is 4.46. The molecule has 0 saturated heterocycles. The van der Waals surface area contributed by atoms with Crippen molar-refractivity contribution in [1.29, 1.82) is 0 Å². The molecule has 0 radical (unpaired) electrons. The van der Waals surface area contributed by atoms with E-state index in [4.69, 9.17) is 0 Å². The SMILES string of the molecule is CCc1nc(CC)c(CC)[nH]1. The number of hydrogen-bond donors (Lipinski definition) is 1. The van der Waals surface area contributed by atoms with Crippen molar-refractivity contribution in [3.8, 4) is 0 Å². The van der Waals surface area contributed by atoms with Crippen LogP contribution in [0.4, 0.5) is 0 Å². The molecule has 0 aliphatic rings. The van der Waals surface area contributed by atoms with Crippen LogP contribution in [0.1, 0.15) is 38.0 Å². The standard InChI is InChI=1S/C9H16N2/c1-4-7-8(5-2)11-9(6-3)10-7/h4-6H2,1-3H3,(H,10,11). The van der Waals surface area contributed by atoms with Gasteiger partial charge in [-0.2, -0.15) is 0 Å². The summed E-state index contributed by atoms with van der Waals surface area (Å²) in [5, 5.41) is 0. The highest BCUT2D eigenvalue weighted by Crippen LogP contribution is 2.07. The van der Waals surface area contributed by atoms with E-state index < -0.39 is 0 Å². The minimum atomic E-state index is 1.01. The van der Waals surface area contributed by atoms with Crippen LogP contribution >= 0.6 is 0 Å². The minimum absolute atomic E-state index is 1.01. The lowest BCUT2D eigenvalue weighted by atomic mass is 10.2. The molecule has 0 atom stereocenters. The largest absolute Gasteiger partial charge is 0.346 e. The van der Waals surface area contributed by atoms with Gasteiger partial charge in [0.1, 0.15) is 5.82 Å². The van der Waals surface area contributed by atoms with Crippen LogP contribution in [0.25, 0.3) is 0 Å². The summed E-state index contributed by atoms with van der Waals surface area (Å²) in [5.74, 6) is 1.12. The maximum Gasteiger partial charge on any atom is 0.106 e. The Balaban J connectivity index is 2.92. The number of aryl methyl sites for hydroxylation is 3. The molecular formula is C9H16N2. The van der Waals surface area contributed by atoms with E-state index in [2.05, 4.69) is 30.7 Å². The van der Waals surface area contributed by atoms with Gasteiger partial charge in [0.15, 0.2) is 0 Å². The fourth-order valence-electron chi connectivity index (χ4n) is 1.26. The first-order valence-corrected chi connectivity index (χ1v) is 4.38. The van der Waals surface area contributed by atoms with Crippen molar-refractivity contribution in [2.45, 2.75) is 40.0 Å². The van der Waals surface area contributed by atoms with Crippen molar-refractivity contribution in [2.24, 2.45) is 0 Å². The maximum absolute atomic E-state index is 4.46. The van der Waals surface area contributed by atoms with Gasteiger partial charge in [0.25, 0.3) is 0 Å². The summed E-state index contributed by atoms with van der Waals surface area (Å²) >= 11 is 0. The zero-order valence-corrected chi connectivity index (χ0v) is 7.57. The average molecular weight is 152 g/mol. The Morgan fingerprint density at radius 2 is 1.82 bits per heavy atom. The van der Waals surface area contributed by atoms with Crippen molar-refractivity contribution in [2.75, 3.05) is 0 Å². The van der Waals surface area contributed by atoms with Gasteiger partial charge in [-0.15, -0.1) is 0 Å². The van der Waals surface area contributed by atoms with Gasteiger partial charge in [0, 0.05) is 12.1 Å². The van der Waals surface area contributed by atoms with E-state index >= 15 is 0 Å². The second-order valence-corrected chi connectivity index (χ2v) is 2.67. The van der Waals surface area contributed by atoms with Gasteiger partial charge >= 0.3 is 0 Å². The number of nitrogens with zero attached hydrogens (tertiary/aromatic N) is 1. The molecule has 0 bridgehead atoms. The Morgan fingerprint density at radius 1 is 1.09 bits per heavy atom. The predicted octanol–water partition coefficient (Wildman–Crippen LogP) is 2.10. The van der Waals surface area contributed by atoms with Gasteiger partial charge in [0.2, 0.25) is 0 Å². The molecule has 2 heteroatoms. The van der Waals surface area contributed by atoms with Gasteiger partial charge in [-0.05, 0) is 12.8 Å². The normalized spacial score (nSPS) is 10.5. The second-order valence-electron chi connectivity index (χ2n) is 2.67. The van der Waals surface area contributed by atoms with E-state index in [1.165, 1.54) is 11.4 Å². The summed E-state index contributed by atoms with van der Waals surface area (Å²) in [4.78, 5) is 7.78. The number of H-pyrrole nitrogens is 1. The molecule has 62 valence electrons. The quantitative estimate of drug-likeness (QED) is 0.706.